The summed E-state index contributed by atoms with van der Waals surface area (Å²) in [6, 6.07) is 7.14. The molecule has 2 heterocycles. The number of thiazole rings is 2. The van der Waals surface area contributed by atoms with E-state index >= 15 is 0 Å². The second-order valence-electron chi connectivity index (χ2n) is 5.21. The summed E-state index contributed by atoms with van der Waals surface area (Å²) in [6.07, 6.45) is 0. The quantitative estimate of drug-likeness (QED) is 0.728. The number of hydrogen-bond acceptors (Lipinski definition) is 6. The highest BCUT2D eigenvalue weighted by atomic mass is 32.1. The fourth-order valence-corrected chi connectivity index (χ4v) is 3.33. The lowest BCUT2D eigenvalue weighted by atomic mass is 10.2. The third kappa shape index (κ3) is 4.39. The first-order chi connectivity index (χ1) is 11.6. The van der Waals surface area contributed by atoms with Crippen molar-refractivity contribution in [1.82, 2.24) is 15.3 Å². The van der Waals surface area contributed by atoms with Gasteiger partial charge in [0, 0.05) is 16.3 Å². The molecule has 3 aromatic rings. The van der Waals surface area contributed by atoms with E-state index in [9.17, 15) is 4.79 Å². The minimum atomic E-state index is -0.143. The fourth-order valence-electron chi connectivity index (χ4n) is 2.12. The van der Waals surface area contributed by atoms with Crippen LogP contribution < -0.4 is 10.1 Å². The summed E-state index contributed by atoms with van der Waals surface area (Å²) < 4.78 is 5.72. The van der Waals surface area contributed by atoms with Gasteiger partial charge in [-0.3, -0.25) is 4.79 Å². The van der Waals surface area contributed by atoms with Crippen LogP contribution in [-0.4, -0.2) is 15.9 Å². The maximum atomic E-state index is 12.3. The van der Waals surface area contributed by atoms with E-state index < -0.39 is 0 Å². The van der Waals surface area contributed by atoms with Crippen molar-refractivity contribution < 1.29 is 9.53 Å². The molecule has 5 nitrogen and oxygen atoms in total. The Morgan fingerprint density at radius 2 is 1.83 bits per heavy atom. The van der Waals surface area contributed by atoms with Gasteiger partial charge in [0.2, 0.25) is 0 Å². The van der Waals surface area contributed by atoms with E-state index in [1.165, 1.54) is 0 Å². The van der Waals surface area contributed by atoms with Crippen molar-refractivity contribution in [2.24, 2.45) is 0 Å². The zero-order chi connectivity index (χ0) is 16.9. The van der Waals surface area contributed by atoms with Crippen LogP contribution in [0.2, 0.25) is 0 Å². The van der Waals surface area contributed by atoms with Crippen molar-refractivity contribution in [2.45, 2.75) is 27.0 Å². The average molecular weight is 359 g/mol. The van der Waals surface area contributed by atoms with Crippen LogP contribution in [0.25, 0.3) is 0 Å². The summed E-state index contributed by atoms with van der Waals surface area (Å²) in [5.74, 6) is 0.508. The van der Waals surface area contributed by atoms with Crippen LogP contribution >= 0.6 is 22.7 Å². The van der Waals surface area contributed by atoms with Crippen molar-refractivity contribution in [3.05, 3.63) is 62.0 Å². The Morgan fingerprint density at radius 3 is 2.50 bits per heavy atom. The lowest BCUT2D eigenvalue weighted by Gasteiger charge is -2.07. The highest BCUT2D eigenvalue weighted by Crippen LogP contribution is 2.16. The molecule has 124 valence electrons. The SMILES string of the molecule is Cc1nc(CNC(=O)c2cccc(OCc3csc(C)n3)c2)cs1. The van der Waals surface area contributed by atoms with Gasteiger partial charge in [-0.2, -0.15) is 0 Å². The number of nitrogens with one attached hydrogen (secondary N) is 1. The molecule has 1 amide bonds. The van der Waals surface area contributed by atoms with Crippen LogP contribution in [0.4, 0.5) is 0 Å². The Morgan fingerprint density at radius 1 is 1.12 bits per heavy atom. The van der Waals surface area contributed by atoms with Crippen LogP contribution in [0.5, 0.6) is 5.75 Å². The van der Waals surface area contributed by atoms with Gasteiger partial charge in [-0.1, -0.05) is 6.07 Å². The molecule has 0 aliphatic heterocycles. The maximum Gasteiger partial charge on any atom is 0.251 e. The van der Waals surface area contributed by atoms with Gasteiger partial charge in [0.15, 0.2) is 0 Å². The largest absolute Gasteiger partial charge is 0.487 e. The highest BCUT2D eigenvalue weighted by molar-refractivity contribution is 7.09. The fraction of sp³-hybridized carbons (Fsp3) is 0.235. The van der Waals surface area contributed by atoms with E-state index in [1.807, 2.05) is 36.7 Å². The third-order valence-electron chi connectivity index (χ3n) is 3.25. The molecule has 0 spiro atoms. The van der Waals surface area contributed by atoms with Crippen LogP contribution in [0.3, 0.4) is 0 Å². The lowest BCUT2D eigenvalue weighted by Crippen LogP contribution is -2.22. The number of ether oxygens (including phenoxy) is 1. The summed E-state index contributed by atoms with van der Waals surface area (Å²) in [7, 11) is 0. The van der Waals surface area contributed by atoms with Gasteiger partial charge < -0.3 is 10.1 Å². The normalized spacial score (nSPS) is 10.6. The van der Waals surface area contributed by atoms with Gasteiger partial charge in [-0.05, 0) is 32.0 Å². The summed E-state index contributed by atoms with van der Waals surface area (Å²) in [5, 5.41) is 8.80. The number of carbonyl (C=O) groups is 1. The van der Waals surface area contributed by atoms with Crippen LogP contribution in [0.1, 0.15) is 31.8 Å². The summed E-state index contributed by atoms with van der Waals surface area (Å²) in [5.41, 5.74) is 2.33. The molecule has 0 atom stereocenters. The molecule has 0 saturated heterocycles. The van der Waals surface area contributed by atoms with E-state index in [1.54, 1.807) is 34.8 Å². The number of carbonyl (C=O) groups excluding carboxylic acids is 1. The molecule has 0 aliphatic carbocycles. The molecule has 24 heavy (non-hydrogen) atoms. The number of amides is 1. The van der Waals surface area contributed by atoms with Gasteiger partial charge in [0.05, 0.1) is 27.9 Å². The minimum absolute atomic E-state index is 0.143. The Bertz CT molecular complexity index is 842. The Hall–Kier alpha value is -2.25. The van der Waals surface area contributed by atoms with Gasteiger partial charge in [0.1, 0.15) is 12.4 Å². The second kappa shape index (κ2) is 7.55. The lowest BCUT2D eigenvalue weighted by molar-refractivity contribution is 0.0950. The average Bonchev–Trinajstić information content (AvgIpc) is 3.19. The van der Waals surface area contributed by atoms with Gasteiger partial charge in [-0.25, -0.2) is 9.97 Å². The van der Waals surface area contributed by atoms with Crippen molar-refractivity contribution in [1.29, 1.82) is 0 Å². The van der Waals surface area contributed by atoms with E-state index in [4.69, 9.17) is 4.74 Å². The predicted molar refractivity (Wildman–Crippen MR) is 95.6 cm³/mol. The highest BCUT2D eigenvalue weighted by Gasteiger charge is 2.08. The van der Waals surface area contributed by atoms with Crippen LogP contribution in [0, 0.1) is 13.8 Å². The number of benzene rings is 1. The first-order valence-corrected chi connectivity index (χ1v) is 9.19. The van der Waals surface area contributed by atoms with Crippen LogP contribution in [0.15, 0.2) is 35.0 Å². The number of hydrogen-bond donors (Lipinski definition) is 1. The smallest absolute Gasteiger partial charge is 0.251 e. The number of aromatic nitrogens is 2. The molecule has 0 unspecified atom stereocenters. The van der Waals surface area contributed by atoms with Crippen molar-refractivity contribution in [3.63, 3.8) is 0 Å². The number of rotatable bonds is 6. The molecule has 1 aromatic carbocycles. The minimum Gasteiger partial charge on any atom is -0.487 e. The molecular formula is C17H17N3O2S2. The Balaban J connectivity index is 1.58. The van der Waals surface area contributed by atoms with E-state index in [0.717, 1.165) is 21.4 Å². The molecule has 0 radical (unpaired) electrons. The first-order valence-electron chi connectivity index (χ1n) is 7.43. The molecule has 7 heteroatoms. The maximum absolute atomic E-state index is 12.3. The summed E-state index contributed by atoms with van der Waals surface area (Å²) in [4.78, 5) is 20.9. The van der Waals surface area contributed by atoms with E-state index in [-0.39, 0.29) is 5.91 Å². The Kier molecular flexibility index (Phi) is 5.22. The standard InChI is InChI=1S/C17H17N3O2S2/c1-11-19-14(9-23-11)7-18-17(21)13-4-3-5-16(6-13)22-8-15-10-24-12(2)20-15/h3-6,9-10H,7-8H2,1-2H3,(H,18,21). The van der Waals surface area contributed by atoms with Gasteiger partial charge in [0.25, 0.3) is 5.91 Å². The van der Waals surface area contributed by atoms with Gasteiger partial charge in [-0.15, -0.1) is 22.7 Å². The topological polar surface area (TPSA) is 64.1 Å². The number of aryl methyl sites for hydroxylation is 2. The van der Waals surface area contributed by atoms with E-state index in [2.05, 4.69) is 15.3 Å². The molecular weight excluding hydrogens is 342 g/mol. The second-order valence-corrected chi connectivity index (χ2v) is 7.34. The number of nitrogens with zero attached hydrogens (tertiary/aromatic N) is 2. The third-order valence-corrected chi connectivity index (χ3v) is 4.89. The van der Waals surface area contributed by atoms with E-state index in [0.29, 0.717) is 24.5 Å². The zero-order valence-electron chi connectivity index (χ0n) is 13.4. The molecule has 0 fully saturated rings. The molecule has 0 bridgehead atoms. The van der Waals surface area contributed by atoms with Crippen molar-refractivity contribution >= 4 is 28.6 Å². The van der Waals surface area contributed by atoms with Crippen molar-refractivity contribution in [2.75, 3.05) is 0 Å². The van der Waals surface area contributed by atoms with Crippen molar-refractivity contribution in [3.8, 4) is 5.75 Å². The summed E-state index contributed by atoms with van der Waals surface area (Å²) in [6.45, 7) is 4.73. The summed E-state index contributed by atoms with van der Waals surface area (Å²) >= 11 is 3.17. The molecule has 1 N–H and O–H groups in total. The molecule has 0 saturated carbocycles. The first kappa shape index (κ1) is 16.6. The van der Waals surface area contributed by atoms with Gasteiger partial charge >= 0.3 is 0 Å². The Labute approximate surface area is 148 Å². The molecule has 2 aromatic heterocycles. The predicted octanol–water partition coefficient (Wildman–Crippen LogP) is 3.73. The molecule has 3 rings (SSSR count). The zero-order valence-corrected chi connectivity index (χ0v) is 15.0. The molecule has 0 aliphatic rings. The monoisotopic (exact) mass is 359 g/mol. The van der Waals surface area contributed by atoms with Crippen LogP contribution in [-0.2, 0) is 13.2 Å².